The predicted octanol–water partition coefficient (Wildman–Crippen LogP) is 4.40. The van der Waals surface area contributed by atoms with Crippen LogP contribution in [0, 0.1) is 11.8 Å². The summed E-state index contributed by atoms with van der Waals surface area (Å²) in [5.41, 5.74) is 0.239. The number of carbonyl (C=O) groups excluding carboxylic acids is 4. The summed E-state index contributed by atoms with van der Waals surface area (Å²) < 4.78 is 17.3. The first-order valence-electron chi connectivity index (χ1n) is 14.4. The van der Waals surface area contributed by atoms with Gasteiger partial charge in [-0.15, -0.1) is 11.8 Å². The van der Waals surface area contributed by atoms with Gasteiger partial charge in [0.1, 0.15) is 25.0 Å². The van der Waals surface area contributed by atoms with Gasteiger partial charge in [-0.1, -0.05) is 53.0 Å². The van der Waals surface area contributed by atoms with Gasteiger partial charge < -0.3 is 23.7 Å². The SMILES string of the molecule is C=CCOC(=O)C1=C(S[C@H]2C[C@@H](C(=O)N(C)C)N(C(=O)OCC=C)C2)[C@H](C)[C@@H]2C([C@@H](C)O[Si](C)(C)C(C)(C)C)C(=O)N12. The number of esters is 1. The number of fused-ring (bicyclic) bond motifs is 1. The first-order chi connectivity index (χ1) is 19.5. The molecule has 3 amide bonds. The van der Waals surface area contributed by atoms with Crippen LogP contribution in [0.15, 0.2) is 35.9 Å². The van der Waals surface area contributed by atoms with Crippen LogP contribution in [0.3, 0.4) is 0 Å². The zero-order valence-corrected chi connectivity index (χ0v) is 28.3. The van der Waals surface area contributed by atoms with Crippen LogP contribution in [0.1, 0.15) is 41.0 Å². The van der Waals surface area contributed by atoms with Crippen molar-refractivity contribution in [1.29, 1.82) is 0 Å². The number of likely N-dealkylation sites (tertiary alicyclic amines) is 1. The van der Waals surface area contributed by atoms with E-state index in [2.05, 4.69) is 47.0 Å². The summed E-state index contributed by atoms with van der Waals surface area (Å²) in [6.45, 7) is 22.3. The highest BCUT2D eigenvalue weighted by Crippen LogP contribution is 2.53. The second-order valence-corrected chi connectivity index (χ2v) is 19.0. The molecule has 0 spiro atoms. The maximum atomic E-state index is 13.7. The molecular formula is C30H47N3O7SSi. The van der Waals surface area contributed by atoms with E-state index in [-0.39, 0.29) is 65.6 Å². The van der Waals surface area contributed by atoms with E-state index in [0.717, 1.165) is 4.91 Å². The average Bonchev–Trinajstić information content (AvgIpc) is 3.42. The standard InChI is InChI=1S/C30H47N3O7SSi/c1-12-14-38-28(36)24-25(41-20-16-21(26(34)31(8)9)32(17-20)29(37)39-15-13-2)18(3)23-22(27(35)33(23)24)19(4)40-42(10,11)30(5,6)7/h12-13,18-23H,1-2,14-17H2,3-11H3/t18-,19-,20+,21+,22?,23-/m1/s1. The number of thioether (sulfide) groups is 1. The van der Waals surface area contributed by atoms with Gasteiger partial charge in [-0.05, 0) is 31.5 Å². The van der Waals surface area contributed by atoms with Gasteiger partial charge in [0.2, 0.25) is 11.8 Å². The number of rotatable bonds is 11. The summed E-state index contributed by atoms with van der Waals surface area (Å²) in [5, 5.41) is -0.224. The molecule has 2 saturated heterocycles. The summed E-state index contributed by atoms with van der Waals surface area (Å²) in [5.74, 6) is -1.51. The minimum Gasteiger partial charge on any atom is -0.457 e. The molecule has 3 aliphatic rings. The molecule has 0 radical (unpaired) electrons. The lowest BCUT2D eigenvalue weighted by atomic mass is 9.79. The molecule has 0 aromatic carbocycles. The summed E-state index contributed by atoms with van der Waals surface area (Å²) in [4.78, 5) is 58.1. The van der Waals surface area contributed by atoms with Crippen molar-refractivity contribution in [2.45, 2.75) is 82.6 Å². The van der Waals surface area contributed by atoms with E-state index in [9.17, 15) is 19.2 Å². The second kappa shape index (κ2) is 13.0. The molecule has 42 heavy (non-hydrogen) atoms. The van der Waals surface area contributed by atoms with Crippen molar-refractivity contribution in [1.82, 2.24) is 14.7 Å². The van der Waals surface area contributed by atoms with E-state index in [1.165, 1.54) is 33.7 Å². The molecule has 3 rings (SSSR count). The molecule has 1 unspecified atom stereocenters. The monoisotopic (exact) mass is 621 g/mol. The minimum absolute atomic E-state index is 0.0153. The number of amides is 3. The normalized spacial score (nSPS) is 26.4. The van der Waals surface area contributed by atoms with Crippen molar-refractivity contribution in [2.24, 2.45) is 11.8 Å². The Morgan fingerprint density at radius 1 is 1.14 bits per heavy atom. The predicted molar refractivity (Wildman–Crippen MR) is 166 cm³/mol. The lowest BCUT2D eigenvalue weighted by molar-refractivity contribution is -0.163. The molecule has 2 fully saturated rings. The Kier molecular flexibility index (Phi) is 10.5. The topological polar surface area (TPSA) is 106 Å². The van der Waals surface area contributed by atoms with E-state index in [1.807, 2.05) is 13.8 Å². The molecule has 0 saturated carbocycles. The van der Waals surface area contributed by atoms with Gasteiger partial charge in [0.15, 0.2) is 8.32 Å². The number of likely N-dealkylation sites (N-methyl/N-ethyl adjacent to an activating group) is 1. The second-order valence-electron chi connectivity index (χ2n) is 12.9. The first kappa shape index (κ1) is 33.9. The number of nitrogens with zero attached hydrogens (tertiary/aromatic N) is 3. The Bertz CT molecular complexity index is 1150. The molecule has 0 aliphatic carbocycles. The van der Waals surface area contributed by atoms with Crippen LogP contribution in [-0.2, 0) is 28.3 Å². The van der Waals surface area contributed by atoms with E-state index in [1.54, 1.807) is 19.0 Å². The van der Waals surface area contributed by atoms with Gasteiger partial charge in [-0.2, -0.15) is 0 Å². The van der Waals surface area contributed by atoms with Crippen LogP contribution < -0.4 is 0 Å². The fourth-order valence-corrected chi connectivity index (χ4v) is 8.53. The summed E-state index contributed by atoms with van der Waals surface area (Å²) in [6.07, 6.45) is 2.43. The Labute approximate surface area is 255 Å². The molecule has 3 aliphatic heterocycles. The van der Waals surface area contributed by atoms with Crippen molar-refractivity contribution >= 4 is 44.0 Å². The summed E-state index contributed by atoms with van der Waals surface area (Å²) in [7, 11) is 1.14. The molecule has 0 N–H and O–H groups in total. The Balaban J connectivity index is 1.91. The Morgan fingerprint density at radius 2 is 1.74 bits per heavy atom. The van der Waals surface area contributed by atoms with Crippen LogP contribution in [-0.4, -0.2) is 104 Å². The van der Waals surface area contributed by atoms with Gasteiger partial charge in [0, 0.05) is 36.7 Å². The molecule has 3 heterocycles. The van der Waals surface area contributed by atoms with Gasteiger partial charge in [-0.25, -0.2) is 9.59 Å². The van der Waals surface area contributed by atoms with Gasteiger partial charge in [0.05, 0.1) is 18.1 Å². The summed E-state index contributed by atoms with van der Waals surface area (Å²) >= 11 is 1.44. The zero-order chi connectivity index (χ0) is 31.7. The first-order valence-corrected chi connectivity index (χ1v) is 18.2. The van der Waals surface area contributed by atoms with Crippen molar-refractivity contribution < 1.29 is 33.1 Å². The Morgan fingerprint density at radius 3 is 2.29 bits per heavy atom. The maximum Gasteiger partial charge on any atom is 0.410 e. The number of carbonyl (C=O) groups is 4. The number of β-lactam (4-membered cyclic amide) rings is 1. The molecule has 234 valence electrons. The third-order valence-electron chi connectivity index (χ3n) is 8.75. The van der Waals surface area contributed by atoms with E-state index in [0.29, 0.717) is 6.42 Å². The highest BCUT2D eigenvalue weighted by molar-refractivity contribution is 8.03. The van der Waals surface area contributed by atoms with Crippen LogP contribution in [0.25, 0.3) is 0 Å². The van der Waals surface area contributed by atoms with E-state index >= 15 is 0 Å². The van der Waals surface area contributed by atoms with Crippen LogP contribution in [0.4, 0.5) is 4.79 Å². The molecule has 0 aromatic rings. The lowest BCUT2D eigenvalue weighted by Gasteiger charge is -2.50. The number of hydrogen-bond acceptors (Lipinski definition) is 8. The molecular weight excluding hydrogens is 574 g/mol. The highest BCUT2D eigenvalue weighted by Gasteiger charge is 2.61. The summed E-state index contributed by atoms with van der Waals surface area (Å²) in [6, 6.07) is -0.951. The van der Waals surface area contributed by atoms with Gasteiger partial charge in [-0.3, -0.25) is 14.5 Å². The third kappa shape index (κ3) is 6.50. The molecule has 12 heteroatoms. The van der Waals surface area contributed by atoms with Crippen LogP contribution in [0.2, 0.25) is 18.1 Å². The van der Waals surface area contributed by atoms with E-state index in [4.69, 9.17) is 13.9 Å². The quantitative estimate of drug-likeness (QED) is 0.145. The smallest absolute Gasteiger partial charge is 0.410 e. The van der Waals surface area contributed by atoms with Crippen molar-refractivity contribution in [3.05, 3.63) is 35.9 Å². The molecule has 0 aromatic heterocycles. The van der Waals surface area contributed by atoms with Crippen molar-refractivity contribution in [3.8, 4) is 0 Å². The Hall–Kier alpha value is -2.57. The average molecular weight is 622 g/mol. The van der Waals surface area contributed by atoms with E-state index < -0.39 is 32.3 Å². The van der Waals surface area contributed by atoms with Crippen molar-refractivity contribution in [3.63, 3.8) is 0 Å². The van der Waals surface area contributed by atoms with Gasteiger partial charge >= 0.3 is 12.1 Å². The van der Waals surface area contributed by atoms with Gasteiger partial charge in [0.25, 0.3) is 0 Å². The third-order valence-corrected chi connectivity index (χ3v) is 14.8. The number of hydrogen-bond donors (Lipinski definition) is 0. The van der Waals surface area contributed by atoms with Crippen LogP contribution >= 0.6 is 11.8 Å². The highest BCUT2D eigenvalue weighted by atomic mass is 32.2. The molecule has 0 bridgehead atoms. The van der Waals surface area contributed by atoms with Crippen molar-refractivity contribution in [2.75, 3.05) is 33.9 Å². The maximum absolute atomic E-state index is 13.7. The molecule has 6 atom stereocenters. The molecule has 10 nitrogen and oxygen atoms in total. The lowest BCUT2D eigenvalue weighted by Crippen LogP contribution is -2.65. The minimum atomic E-state index is -2.15. The fourth-order valence-electron chi connectivity index (χ4n) is 5.58. The fraction of sp³-hybridized carbons (Fsp3) is 0.667. The largest absolute Gasteiger partial charge is 0.457 e. The van der Waals surface area contributed by atoms with Crippen LogP contribution in [0.5, 0.6) is 0 Å². The zero-order valence-electron chi connectivity index (χ0n) is 26.5. The number of ether oxygens (including phenoxy) is 2.